The fourth-order valence-electron chi connectivity index (χ4n) is 3.87. The molecule has 5 aromatic rings. The van der Waals surface area contributed by atoms with Crippen LogP contribution in [-0.2, 0) is 32.0 Å². The molecule has 0 fully saturated rings. The number of nitrogens with zero attached hydrogens (tertiary/aromatic N) is 7. The molecule has 1 amide bonds. The van der Waals surface area contributed by atoms with Crippen LogP contribution >= 0.6 is 22.9 Å². The largest absolute Gasteiger partial charge is 0.332 e. The summed E-state index contributed by atoms with van der Waals surface area (Å²) in [6.07, 6.45) is 3.05. The Balaban J connectivity index is 1.59. The normalized spacial score (nSPS) is 11.4. The van der Waals surface area contributed by atoms with E-state index in [0.29, 0.717) is 15.8 Å². The molecule has 0 saturated carbocycles. The SMILES string of the molecule is Cc1c(Cl)ccc2sc(N(Cc3ccccn3)C(=O)Cn3cnc4c3c(=O)n(C)c(=O)n4C)nc12. The summed E-state index contributed by atoms with van der Waals surface area (Å²) in [5.41, 5.74) is 1.63. The number of aromatic nitrogens is 6. The number of hydrogen-bond donors (Lipinski definition) is 0. The zero-order valence-corrected chi connectivity index (χ0v) is 20.7. The molecule has 0 saturated heterocycles. The third-order valence-corrected chi connectivity index (χ3v) is 7.29. The number of hydrogen-bond acceptors (Lipinski definition) is 7. The van der Waals surface area contributed by atoms with Crippen LogP contribution in [0.15, 0.2) is 52.4 Å². The van der Waals surface area contributed by atoms with Gasteiger partial charge in [0, 0.05) is 25.3 Å². The molecule has 0 unspecified atom stereocenters. The topological polar surface area (TPSA) is 108 Å². The van der Waals surface area contributed by atoms with Gasteiger partial charge in [-0.2, -0.15) is 0 Å². The van der Waals surface area contributed by atoms with Gasteiger partial charge in [0.05, 0.1) is 28.8 Å². The Morgan fingerprint density at radius 2 is 1.91 bits per heavy atom. The average molecular weight is 510 g/mol. The maximum absolute atomic E-state index is 13.6. The Morgan fingerprint density at radius 3 is 2.66 bits per heavy atom. The van der Waals surface area contributed by atoms with E-state index in [2.05, 4.69) is 9.97 Å². The van der Waals surface area contributed by atoms with Gasteiger partial charge >= 0.3 is 5.69 Å². The fraction of sp³-hybridized carbons (Fsp3) is 0.217. The summed E-state index contributed by atoms with van der Waals surface area (Å²) < 4.78 is 4.64. The van der Waals surface area contributed by atoms with Crippen molar-refractivity contribution in [1.82, 2.24) is 28.7 Å². The van der Waals surface area contributed by atoms with E-state index in [-0.39, 0.29) is 30.2 Å². The molecule has 0 bridgehead atoms. The highest BCUT2D eigenvalue weighted by Gasteiger charge is 2.24. The number of rotatable bonds is 5. The standard InChI is InChI=1S/C23H20ClN7O3S/c1-13-15(24)7-8-16-18(13)27-22(35-16)31(10-14-6-4-5-9-25-14)17(32)11-30-12-26-20-19(30)21(33)29(3)23(34)28(20)2/h4-9,12H,10-11H2,1-3H3. The highest BCUT2D eigenvalue weighted by atomic mass is 35.5. The molecule has 1 aromatic carbocycles. The minimum atomic E-state index is -0.519. The first kappa shape index (κ1) is 22.9. The molecule has 0 radical (unpaired) electrons. The minimum absolute atomic E-state index is 0.174. The van der Waals surface area contributed by atoms with Gasteiger partial charge in [-0.05, 0) is 36.8 Å². The lowest BCUT2D eigenvalue weighted by Gasteiger charge is -2.20. The number of fused-ring (bicyclic) bond motifs is 2. The molecule has 178 valence electrons. The minimum Gasteiger partial charge on any atom is -0.315 e. The van der Waals surface area contributed by atoms with Crippen molar-refractivity contribution in [3.05, 3.63) is 80.0 Å². The van der Waals surface area contributed by atoms with Gasteiger partial charge in [0.15, 0.2) is 16.3 Å². The van der Waals surface area contributed by atoms with Crippen LogP contribution < -0.4 is 16.1 Å². The molecule has 10 nitrogen and oxygen atoms in total. The first-order chi connectivity index (χ1) is 16.8. The van der Waals surface area contributed by atoms with Crippen LogP contribution in [0.2, 0.25) is 5.02 Å². The molecule has 0 aliphatic carbocycles. The first-order valence-corrected chi connectivity index (χ1v) is 11.8. The Kier molecular flexibility index (Phi) is 5.73. The van der Waals surface area contributed by atoms with Gasteiger partial charge in [-0.3, -0.25) is 28.6 Å². The zero-order valence-electron chi connectivity index (χ0n) is 19.1. The van der Waals surface area contributed by atoms with Crippen molar-refractivity contribution in [1.29, 1.82) is 0 Å². The second-order valence-electron chi connectivity index (χ2n) is 8.07. The van der Waals surface area contributed by atoms with Crippen molar-refractivity contribution in [3.8, 4) is 0 Å². The molecule has 35 heavy (non-hydrogen) atoms. The van der Waals surface area contributed by atoms with Gasteiger partial charge in [0.2, 0.25) is 5.91 Å². The lowest BCUT2D eigenvalue weighted by atomic mass is 10.2. The van der Waals surface area contributed by atoms with Gasteiger partial charge < -0.3 is 4.57 Å². The van der Waals surface area contributed by atoms with Crippen molar-refractivity contribution >= 4 is 55.4 Å². The van der Waals surface area contributed by atoms with E-state index in [1.807, 2.05) is 31.2 Å². The second-order valence-corrected chi connectivity index (χ2v) is 9.48. The van der Waals surface area contributed by atoms with Crippen LogP contribution in [0.5, 0.6) is 0 Å². The van der Waals surface area contributed by atoms with Gasteiger partial charge in [-0.1, -0.05) is 29.0 Å². The van der Waals surface area contributed by atoms with E-state index < -0.39 is 11.2 Å². The summed E-state index contributed by atoms with van der Waals surface area (Å²) in [6.45, 7) is 1.90. The van der Waals surface area contributed by atoms with Crippen LogP contribution in [0.1, 0.15) is 11.3 Å². The number of pyridine rings is 1. The number of amides is 1. The molecule has 0 spiro atoms. The molecule has 0 aliphatic heterocycles. The van der Waals surface area contributed by atoms with Crippen molar-refractivity contribution in [3.63, 3.8) is 0 Å². The van der Waals surface area contributed by atoms with Crippen LogP contribution in [0.25, 0.3) is 21.4 Å². The van der Waals surface area contributed by atoms with E-state index in [1.54, 1.807) is 17.2 Å². The zero-order chi connectivity index (χ0) is 24.9. The highest BCUT2D eigenvalue weighted by Crippen LogP contribution is 2.34. The summed E-state index contributed by atoms with van der Waals surface area (Å²) in [4.78, 5) is 53.5. The molecule has 4 heterocycles. The number of anilines is 1. The number of carbonyl (C=O) groups is 1. The van der Waals surface area contributed by atoms with E-state index in [1.165, 1.54) is 40.9 Å². The summed E-state index contributed by atoms with van der Waals surface area (Å²) in [5, 5.41) is 1.09. The number of thiazole rings is 1. The maximum atomic E-state index is 13.6. The predicted molar refractivity (Wildman–Crippen MR) is 135 cm³/mol. The summed E-state index contributed by atoms with van der Waals surface area (Å²) in [7, 11) is 2.93. The Labute approximate surface area is 207 Å². The summed E-state index contributed by atoms with van der Waals surface area (Å²) in [5.74, 6) is -0.311. The van der Waals surface area contributed by atoms with Crippen molar-refractivity contribution in [2.24, 2.45) is 14.1 Å². The first-order valence-electron chi connectivity index (χ1n) is 10.6. The smallest absolute Gasteiger partial charge is 0.315 e. The Hall–Kier alpha value is -3.83. The number of halogens is 1. The van der Waals surface area contributed by atoms with Crippen LogP contribution in [-0.4, -0.2) is 34.6 Å². The van der Waals surface area contributed by atoms with Crippen molar-refractivity contribution in [2.75, 3.05) is 4.90 Å². The van der Waals surface area contributed by atoms with Crippen LogP contribution in [0.4, 0.5) is 5.13 Å². The molecule has 0 aliphatic rings. The van der Waals surface area contributed by atoms with Crippen LogP contribution in [0.3, 0.4) is 0 Å². The second kappa shape index (κ2) is 8.75. The van der Waals surface area contributed by atoms with Crippen molar-refractivity contribution < 1.29 is 4.79 Å². The van der Waals surface area contributed by atoms with Gasteiger partial charge in [-0.15, -0.1) is 0 Å². The number of carbonyl (C=O) groups excluding carboxylic acids is 1. The predicted octanol–water partition coefficient (Wildman–Crippen LogP) is 2.63. The van der Waals surface area contributed by atoms with Gasteiger partial charge in [0.25, 0.3) is 5.56 Å². The lowest BCUT2D eigenvalue weighted by molar-refractivity contribution is -0.119. The molecule has 0 N–H and O–H groups in total. The van der Waals surface area contributed by atoms with Crippen LogP contribution in [0, 0.1) is 6.92 Å². The van der Waals surface area contributed by atoms with E-state index in [9.17, 15) is 14.4 Å². The van der Waals surface area contributed by atoms with E-state index in [0.717, 1.165) is 20.3 Å². The molecule has 5 rings (SSSR count). The fourth-order valence-corrected chi connectivity index (χ4v) is 5.06. The van der Waals surface area contributed by atoms with Gasteiger partial charge in [0.1, 0.15) is 6.54 Å². The average Bonchev–Trinajstić information content (AvgIpc) is 3.48. The number of benzene rings is 1. The molecule has 12 heteroatoms. The monoisotopic (exact) mass is 509 g/mol. The Morgan fingerprint density at radius 1 is 1.11 bits per heavy atom. The molecule has 4 aromatic heterocycles. The quantitative estimate of drug-likeness (QED) is 0.360. The Bertz CT molecular complexity index is 1720. The third kappa shape index (κ3) is 3.92. The third-order valence-electron chi connectivity index (χ3n) is 5.84. The highest BCUT2D eigenvalue weighted by molar-refractivity contribution is 7.22. The van der Waals surface area contributed by atoms with Gasteiger partial charge in [-0.25, -0.2) is 14.8 Å². The molecular formula is C23H20ClN7O3S. The van der Waals surface area contributed by atoms with E-state index >= 15 is 0 Å². The molecule has 0 atom stereocenters. The summed E-state index contributed by atoms with van der Waals surface area (Å²) >= 11 is 7.65. The maximum Gasteiger partial charge on any atom is 0.332 e. The number of imidazole rings is 1. The van der Waals surface area contributed by atoms with E-state index in [4.69, 9.17) is 16.6 Å². The molecular weight excluding hydrogens is 490 g/mol. The number of aryl methyl sites for hydroxylation is 2. The summed E-state index contributed by atoms with van der Waals surface area (Å²) in [6, 6.07) is 9.16. The van der Waals surface area contributed by atoms with Crippen molar-refractivity contribution in [2.45, 2.75) is 20.0 Å². The lowest BCUT2D eigenvalue weighted by Crippen LogP contribution is -2.38.